The first-order chi connectivity index (χ1) is 15.0. The summed E-state index contributed by atoms with van der Waals surface area (Å²) >= 11 is 0. The summed E-state index contributed by atoms with van der Waals surface area (Å²) in [6.07, 6.45) is 3.74. The molecule has 2 aromatic carbocycles. The first kappa shape index (κ1) is 22.1. The number of nitriles is 1. The number of allylic oxidation sites excluding steroid dienone is 3. The van der Waals surface area contributed by atoms with Crippen LogP contribution in [-0.4, -0.2) is 17.2 Å². The SMILES string of the molecule is C=C(C)/C(=C(/C#N)NC)C(c1ccccc1CCc1ccc(C)cc1)c1cn[nH]c1C. The average molecular weight is 411 g/mol. The Morgan fingerprint density at radius 1 is 1.10 bits per heavy atom. The smallest absolute Gasteiger partial charge is 0.117 e. The number of benzene rings is 2. The second kappa shape index (κ2) is 9.95. The molecule has 0 fully saturated rings. The van der Waals surface area contributed by atoms with Gasteiger partial charge in [0.15, 0.2) is 0 Å². The highest BCUT2D eigenvalue weighted by Crippen LogP contribution is 2.39. The van der Waals surface area contributed by atoms with E-state index in [9.17, 15) is 5.26 Å². The molecule has 1 aromatic heterocycles. The third-order valence-corrected chi connectivity index (χ3v) is 5.73. The Morgan fingerprint density at radius 3 is 2.39 bits per heavy atom. The van der Waals surface area contributed by atoms with Crippen molar-refractivity contribution in [1.29, 1.82) is 5.26 Å². The zero-order valence-corrected chi connectivity index (χ0v) is 18.8. The van der Waals surface area contributed by atoms with Gasteiger partial charge in [0.05, 0.1) is 6.20 Å². The quantitative estimate of drug-likeness (QED) is 0.380. The highest BCUT2D eigenvalue weighted by atomic mass is 15.1. The fraction of sp³-hybridized carbons (Fsp3) is 0.259. The van der Waals surface area contributed by atoms with Crippen molar-refractivity contribution < 1.29 is 0 Å². The molecule has 0 aliphatic carbocycles. The topological polar surface area (TPSA) is 64.5 Å². The van der Waals surface area contributed by atoms with Gasteiger partial charge in [0.1, 0.15) is 11.8 Å². The van der Waals surface area contributed by atoms with Crippen LogP contribution in [0.25, 0.3) is 0 Å². The van der Waals surface area contributed by atoms with Gasteiger partial charge in [0, 0.05) is 29.8 Å². The van der Waals surface area contributed by atoms with Crippen LogP contribution in [-0.2, 0) is 12.8 Å². The van der Waals surface area contributed by atoms with Crippen LogP contribution >= 0.6 is 0 Å². The normalized spacial score (nSPS) is 12.6. The molecule has 4 heteroatoms. The van der Waals surface area contributed by atoms with E-state index in [0.29, 0.717) is 5.70 Å². The molecule has 0 bridgehead atoms. The molecule has 1 atom stereocenters. The highest BCUT2D eigenvalue weighted by molar-refractivity contribution is 5.54. The maximum atomic E-state index is 9.82. The van der Waals surface area contributed by atoms with Crippen molar-refractivity contribution in [3.63, 3.8) is 0 Å². The summed E-state index contributed by atoms with van der Waals surface area (Å²) in [4.78, 5) is 0. The molecule has 3 rings (SSSR count). The van der Waals surface area contributed by atoms with Gasteiger partial charge in [-0.1, -0.05) is 66.2 Å². The number of hydrogen-bond acceptors (Lipinski definition) is 3. The van der Waals surface area contributed by atoms with E-state index in [1.807, 2.05) is 20.0 Å². The summed E-state index contributed by atoms with van der Waals surface area (Å²) in [7, 11) is 1.78. The van der Waals surface area contributed by atoms with Crippen LogP contribution in [0.3, 0.4) is 0 Å². The molecule has 0 saturated heterocycles. The molecular weight excluding hydrogens is 380 g/mol. The molecular formula is C27H30N4. The molecule has 3 aromatic rings. The molecule has 31 heavy (non-hydrogen) atoms. The lowest BCUT2D eigenvalue weighted by Crippen LogP contribution is -2.16. The van der Waals surface area contributed by atoms with Crippen molar-refractivity contribution in [1.82, 2.24) is 15.5 Å². The lowest BCUT2D eigenvalue weighted by molar-refractivity contribution is 0.858. The number of nitrogens with one attached hydrogen (secondary N) is 2. The zero-order chi connectivity index (χ0) is 22.4. The third kappa shape index (κ3) is 4.95. The van der Waals surface area contributed by atoms with Gasteiger partial charge in [-0.25, -0.2) is 0 Å². The molecule has 4 nitrogen and oxygen atoms in total. The lowest BCUT2D eigenvalue weighted by atomic mass is 9.78. The Kier molecular flexibility index (Phi) is 7.10. The van der Waals surface area contributed by atoms with E-state index in [1.165, 1.54) is 22.3 Å². The minimum Gasteiger partial charge on any atom is -0.379 e. The monoisotopic (exact) mass is 410 g/mol. The fourth-order valence-corrected chi connectivity index (χ4v) is 4.06. The van der Waals surface area contributed by atoms with E-state index < -0.39 is 0 Å². The Hall–Kier alpha value is -3.58. The predicted octanol–water partition coefficient (Wildman–Crippen LogP) is 5.52. The molecule has 0 radical (unpaired) electrons. The summed E-state index contributed by atoms with van der Waals surface area (Å²) in [6.45, 7) is 10.3. The summed E-state index contributed by atoms with van der Waals surface area (Å²) in [5, 5.41) is 20.2. The van der Waals surface area contributed by atoms with E-state index in [4.69, 9.17) is 0 Å². The number of H-pyrrole nitrogens is 1. The molecule has 0 amide bonds. The van der Waals surface area contributed by atoms with Gasteiger partial charge in [-0.2, -0.15) is 10.4 Å². The summed E-state index contributed by atoms with van der Waals surface area (Å²) in [5.74, 6) is -0.132. The second-order valence-corrected chi connectivity index (χ2v) is 8.00. The van der Waals surface area contributed by atoms with E-state index in [0.717, 1.165) is 35.2 Å². The highest BCUT2D eigenvalue weighted by Gasteiger charge is 2.27. The first-order valence-corrected chi connectivity index (χ1v) is 10.6. The van der Waals surface area contributed by atoms with Crippen molar-refractivity contribution in [2.24, 2.45) is 0 Å². The first-order valence-electron chi connectivity index (χ1n) is 10.6. The molecule has 0 aliphatic heterocycles. The second-order valence-electron chi connectivity index (χ2n) is 8.00. The number of aromatic amines is 1. The minimum absolute atomic E-state index is 0.132. The van der Waals surface area contributed by atoms with Gasteiger partial charge >= 0.3 is 0 Å². The van der Waals surface area contributed by atoms with E-state index >= 15 is 0 Å². The maximum absolute atomic E-state index is 9.82. The molecule has 0 spiro atoms. The number of rotatable bonds is 8. The van der Waals surface area contributed by atoms with Gasteiger partial charge in [-0.3, -0.25) is 5.10 Å². The number of hydrogen-bond donors (Lipinski definition) is 2. The number of aryl methyl sites for hydroxylation is 4. The summed E-state index contributed by atoms with van der Waals surface area (Å²) in [5.41, 5.74) is 9.38. The van der Waals surface area contributed by atoms with Crippen LogP contribution in [0, 0.1) is 25.2 Å². The Labute approximate surface area is 185 Å². The number of nitrogens with zero attached hydrogens (tertiary/aromatic N) is 2. The van der Waals surface area contributed by atoms with Crippen molar-refractivity contribution >= 4 is 0 Å². The van der Waals surface area contributed by atoms with E-state index in [2.05, 4.69) is 83.6 Å². The van der Waals surface area contributed by atoms with Crippen molar-refractivity contribution in [2.45, 2.75) is 39.5 Å². The number of aromatic nitrogens is 2. The van der Waals surface area contributed by atoms with Gasteiger partial charge in [0.2, 0.25) is 0 Å². The van der Waals surface area contributed by atoms with Crippen LogP contribution in [0.15, 0.2) is 78.1 Å². The van der Waals surface area contributed by atoms with Crippen LogP contribution in [0.4, 0.5) is 0 Å². The third-order valence-electron chi connectivity index (χ3n) is 5.73. The molecule has 0 aliphatic rings. The molecule has 0 saturated carbocycles. The molecule has 1 unspecified atom stereocenters. The van der Waals surface area contributed by atoms with Gasteiger partial charge < -0.3 is 5.32 Å². The van der Waals surface area contributed by atoms with Crippen molar-refractivity contribution in [3.05, 3.63) is 112 Å². The van der Waals surface area contributed by atoms with Gasteiger partial charge in [0.25, 0.3) is 0 Å². The van der Waals surface area contributed by atoms with Crippen LogP contribution in [0.5, 0.6) is 0 Å². The minimum atomic E-state index is -0.132. The molecule has 1 heterocycles. The Balaban J connectivity index is 2.11. The fourth-order valence-electron chi connectivity index (χ4n) is 4.06. The molecule has 2 N–H and O–H groups in total. The Morgan fingerprint density at radius 2 is 1.81 bits per heavy atom. The average Bonchev–Trinajstić information content (AvgIpc) is 3.19. The van der Waals surface area contributed by atoms with Crippen molar-refractivity contribution in [2.75, 3.05) is 7.05 Å². The van der Waals surface area contributed by atoms with Gasteiger partial charge in [-0.05, 0) is 50.3 Å². The lowest BCUT2D eigenvalue weighted by Gasteiger charge is -2.25. The zero-order valence-electron chi connectivity index (χ0n) is 18.8. The largest absolute Gasteiger partial charge is 0.379 e. The Bertz CT molecular complexity index is 1130. The van der Waals surface area contributed by atoms with Crippen LogP contribution in [0.1, 0.15) is 46.4 Å². The van der Waals surface area contributed by atoms with E-state index in [1.54, 1.807) is 7.05 Å². The van der Waals surface area contributed by atoms with Crippen molar-refractivity contribution in [3.8, 4) is 6.07 Å². The summed E-state index contributed by atoms with van der Waals surface area (Å²) in [6, 6.07) is 19.5. The van der Waals surface area contributed by atoms with Gasteiger partial charge in [-0.15, -0.1) is 0 Å². The molecule has 158 valence electrons. The van der Waals surface area contributed by atoms with Crippen LogP contribution < -0.4 is 5.32 Å². The summed E-state index contributed by atoms with van der Waals surface area (Å²) < 4.78 is 0. The maximum Gasteiger partial charge on any atom is 0.117 e. The standard InChI is InChI=1S/C27H30N4/c1-18(2)26(25(16-28)29-5)27(24-17-30-31-20(24)4)23-9-7-6-8-22(23)15-14-21-12-10-19(3)11-13-21/h6-13,17,27,29H,1,14-15H2,2-5H3,(H,30,31)/b26-25+. The van der Waals surface area contributed by atoms with E-state index in [-0.39, 0.29) is 5.92 Å². The van der Waals surface area contributed by atoms with Crippen LogP contribution in [0.2, 0.25) is 0 Å². The predicted molar refractivity (Wildman–Crippen MR) is 127 cm³/mol.